The van der Waals surface area contributed by atoms with Crippen molar-refractivity contribution in [2.45, 2.75) is 23.3 Å². The first-order valence-corrected chi connectivity index (χ1v) is 12.8. The summed E-state index contributed by atoms with van der Waals surface area (Å²) < 4.78 is 16.7. The molecule has 3 aliphatic heterocycles. The molecule has 2 atom stereocenters. The molecule has 1 saturated heterocycles. The molecule has 0 saturated carbocycles. The summed E-state index contributed by atoms with van der Waals surface area (Å²) in [6.07, 6.45) is 1.96. The number of nitrogens with zero attached hydrogens (tertiary/aromatic N) is 3. The number of amides is 2. The Morgan fingerprint density at radius 2 is 2.19 bits per heavy atom. The van der Waals surface area contributed by atoms with E-state index < -0.39 is 0 Å². The molecule has 5 heterocycles. The Bertz CT molecular complexity index is 1350. The van der Waals surface area contributed by atoms with Crippen molar-refractivity contribution in [2.24, 2.45) is 0 Å². The lowest BCUT2D eigenvalue weighted by atomic mass is 9.97. The number of methoxy groups -OCH3 is 1. The van der Waals surface area contributed by atoms with Crippen molar-refractivity contribution in [1.29, 1.82) is 0 Å². The normalized spacial score (nSPS) is 20.5. The topological polar surface area (TPSA) is 115 Å². The van der Waals surface area contributed by atoms with Crippen LogP contribution in [0.1, 0.15) is 17.9 Å². The number of cyclic esters (lactones) is 1. The highest BCUT2D eigenvalue weighted by Gasteiger charge is 2.33. The number of carbonyl (C=O) groups is 2. The van der Waals surface area contributed by atoms with Gasteiger partial charge in [0.2, 0.25) is 11.8 Å². The van der Waals surface area contributed by atoms with Gasteiger partial charge in [0.25, 0.3) is 0 Å². The third kappa shape index (κ3) is 4.28. The number of aromatic nitrogens is 2. The van der Waals surface area contributed by atoms with Crippen LogP contribution < -0.4 is 25.0 Å². The van der Waals surface area contributed by atoms with Gasteiger partial charge in [-0.25, -0.2) is 9.78 Å². The van der Waals surface area contributed by atoms with E-state index in [2.05, 4.69) is 20.6 Å². The van der Waals surface area contributed by atoms with Gasteiger partial charge in [0.05, 0.1) is 43.4 Å². The van der Waals surface area contributed by atoms with Crippen molar-refractivity contribution in [3.8, 4) is 11.6 Å². The molecule has 6 rings (SSSR count). The summed E-state index contributed by atoms with van der Waals surface area (Å²) in [5, 5.41) is 6.29. The molecule has 11 heteroatoms. The summed E-state index contributed by atoms with van der Waals surface area (Å²) in [6.45, 7) is 2.30. The summed E-state index contributed by atoms with van der Waals surface area (Å²) in [6, 6.07) is 9.36. The lowest BCUT2D eigenvalue weighted by molar-refractivity contribution is -0.113. The number of thioether (sulfide) groups is 1. The highest BCUT2D eigenvalue weighted by atomic mass is 32.2. The number of hydrogen-bond acceptors (Lipinski definition) is 9. The minimum Gasteiger partial charge on any atom is -0.491 e. The van der Waals surface area contributed by atoms with Gasteiger partial charge in [0, 0.05) is 34.7 Å². The molecule has 36 heavy (non-hydrogen) atoms. The van der Waals surface area contributed by atoms with Crippen molar-refractivity contribution in [1.82, 2.24) is 15.3 Å². The lowest BCUT2D eigenvalue weighted by Crippen LogP contribution is -2.32. The summed E-state index contributed by atoms with van der Waals surface area (Å²) in [5.74, 6) is 1.87. The van der Waals surface area contributed by atoms with Gasteiger partial charge in [-0.15, -0.1) is 11.8 Å². The number of pyridine rings is 2. The monoisotopic (exact) mass is 507 g/mol. The fourth-order valence-corrected chi connectivity index (χ4v) is 5.58. The van der Waals surface area contributed by atoms with Crippen LogP contribution >= 0.6 is 11.8 Å². The Labute approximate surface area is 211 Å². The van der Waals surface area contributed by atoms with Gasteiger partial charge >= 0.3 is 6.09 Å². The highest BCUT2D eigenvalue weighted by Crippen LogP contribution is 2.40. The van der Waals surface area contributed by atoms with Crippen LogP contribution in [0.4, 0.5) is 16.2 Å². The highest BCUT2D eigenvalue weighted by molar-refractivity contribution is 8.00. The summed E-state index contributed by atoms with van der Waals surface area (Å²) in [4.78, 5) is 35.9. The third-order valence-corrected chi connectivity index (χ3v) is 7.64. The molecular formula is C25H25N5O5S. The maximum absolute atomic E-state index is 12.5. The van der Waals surface area contributed by atoms with Crippen molar-refractivity contribution in [3.63, 3.8) is 0 Å². The van der Waals surface area contributed by atoms with E-state index in [4.69, 9.17) is 14.2 Å². The molecule has 1 fully saturated rings. The largest absolute Gasteiger partial charge is 0.491 e. The number of anilines is 2. The fraction of sp³-hybridized carbons (Fsp3) is 0.360. The van der Waals surface area contributed by atoms with E-state index in [1.807, 2.05) is 24.3 Å². The second-order valence-corrected chi connectivity index (χ2v) is 9.91. The van der Waals surface area contributed by atoms with Crippen molar-refractivity contribution in [3.05, 3.63) is 42.1 Å². The molecular weight excluding hydrogens is 482 g/mol. The molecule has 0 spiro atoms. The van der Waals surface area contributed by atoms with Gasteiger partial charge in [0.1, 0.15) is 17.4 Å². The first-order chi connectivity index (χ1) is 17.6. The molecule has 2 amide bonds. The molecule has 3 aliphatic rings. The predicted molar refractivity (Wildman–Crippen MR) is 135 cm³/mol. The molecule has 3 aromatic rings. The number of carbonyl (C=O) groups excluding carboxylic acids is 2. The van der Waals surface area contributed by atoms with Gasteiger partial charge < -0.3 is 24.8 Å². The number of ether oxygens (including phenoxy) is 3. The minimum atomic E-state index is -0.381. The lowest BCUT2D eigenvalue weighted by Gasteiger charge is -2.20. The second-order valence-electron chi connectivity index (χ2n) is 8.89. The molecule has 0 radical (unpaired) electrons. The molecule has 0 bridgehead atoms. The molecule has 186 valence electrons. The summed E-state index contributed by atoms with van der Waals surface area (Å²) in [7, 11) is 1.60. The maximum atomic E-state index is 12.5. The predicted octanol–water partition coefficient (Wildman–Crippen LogP) is 3.16. The zero-order valence-electron chi connectivity index (χ0n) is 19.7. The van der Waals surface area contributed by atoms with E-state index in [9.17, 15) is 9.59 Å². The van der Waals surface area contributed by atoms with Crippen LogP contribution in [0.25, 0.3) is 11.0 Å². The van der Waals surface area contributed by atoms with Crippen LogP contribution in [-0.2, 0) is 9.53 Å². The Morgan fingerprint density at radius 3 is 3.08 bits per heavy atom. The second kappa shape index (κ2) is 9.47. The van der Waals surface area contributed by atoms with E-state index in [1.165, 1.54) is 11.8 Å². The van der Waals surface area contributed by atoms with Crippen molar-refractivity contribution in [2.75, 3.05) is 49.3 Å². The molecule has 1 unspecified atom stereocenters. The van der Waals surface area contributed by atoms with Gasteiger partial charge in [0.15, 0.2) is 0 Å². The molecule has 0 aliphatic carbocycles. The summed E-state index contributed by atoms with van der Waals surface area (Å²) in [5.41, 5.74) is 4.15. The Hall–Kier alpha value is -3.57. The van der Waals surface area contributed by atoms with E-state index in [0.717, 1.165) is 45.9 Å². The molecule has 10 nitrogen and oxygen atoms in total. The van der Waals surface area contributed by atoms with Crippen LogP contribution in [0.5, 0.6) is 11.6 Å². The smallest absolute Gasteiger partial charge is 0.414 e. The third-order valence-electron chi connectivity index (χ3n) is 6.57. The number of hydrogen-bond donors (Lipinski definition) is 2. The van der Waals surface area contributed by atoms with Crippen LogP contribution in [0.3, 0.4) is 0 Å². The Balaban J connectivity index is 1.05. The molecule has 2 N–H and O–H groups in total. The molecule has 2 aromatic heterocycles. The summed E-state index contributed by atoms with van der Waals surface area (Å²) >= 11 is 1.49. The van der Waals surface area contributed by atoms with Crippen LogP contribution in [0, 0.1) is 0 Å². The average Bonchev–Trinajstić information content (AvgIpc) is 3.49. The zero-order chi connectivity index (χ0) is 24.6. The Kier molecular flexibility index (Phi) is 6.02. The van der Waals surface area contributed by atoms with Gasteiger partial charge in [-0.2, -0.15) is 0 Å². The van der Waals surface area contributed by atoms with E-state index in [-0.39, 0.29) is 24.0 Å². The van der Waals surface area contributed by atoms with Gasteiger partial charge in [-0.1, -0.05) is 0 Å². The number of rotatable bonds is 7. The zero-order valence-corrected chi connectivity index (χ0v) is 20.5. The van der Waals surface area contributed by atoms with Crippen LogP contribution in [0.2, 0.25) is 0 Å². The standard InChI is InChI=1S/C25H25N5O5S/c1-33-22-5-3-17-24(29-22)23-14(12-34-19(23)10-27-17)6-7-26-9-16-11-30(25(32)35-16)15-2-4-20-18(8-15)28-21(31)13-36-20/h2-5,8,10,14,16,26H,6-7,9,11-13H2,1H3,(H,28,31)/t14-,16?/m1/s1. The van der Waals surface area contributed by atoms with Crippen LogP contribution in [0.15, 0.2) is 41.4 Å². The Morgan fingerprint density at radius 1 is 1.28 bits per heavy atom. The molecule has 1 aromatic carbocycles. The first-order valence-electron chi connectivity index (χ1n) is 11.8. The SMILES string of the molecule is COc1ccc2ncc3c(c2n1)[C@H](CCNCC1CN(c2ccc4c(c2)NC(=O)CS4)C(=O)O1)CO3. The average molecular weight is 508 g/mol. The van der Waals surface area contributed by atoms with Crippen molar-refractivity contribution >= 4 is 46.2 Å². The minimum absolute atomic E-state index is 0.0369. The number of benzene rings is 1. The van der Waals surface area contributed by atoms with Gasteiger partial charge in [-0.3, -0.25) is 14.7 Å². The van der Waals surface area contributed by atoms with E-state index >= 15 is 0 Å². The van der Waals surface area contributed by atoms with E-state index in [0.29, 0.717) is 37.0 Å². The number of nitrogens with one attached hydrogen (secondary N) is 2. The van der Waals surface area contributed by atoms with E-state index in [1.54, 1.807) is 24.3 Å². The number of fused-ring (bicyclic) bond motifs is 4. The quantitative estimate of drug-likeness (QED) is 0.465. The van der Waals surface area contributed by atoms with Crippen LogP contribution in [-0.4, -0.2) is 67.2 Å². The first kappa shape index (κ1) is 22.9. The van der Waals surface area contributed by atoms with Crippen molar-refractivity contribution < 1.29 is 23.8 Å². The van der Waals surface area contributed by atoms with Gasteiger partial charge in [-0.05, 0) is 37.2 Å². The fourth-order valence-electron chi connectivity index (χ4n) is 4.79. The maximum Gasteiger partial charge on any atom is 0.414 e.